The van der Waals surface area contributed by atoms with Crippen LogP contribution in [0.5, 0.6) is 0 Å². The maximum Gasteiger partial charge on any atom is 0.171 e. The van der Waals surface area contributed by atoms with E-state index in [4.69, 9.17) is 0 Å². The molecule has 5 heteroatoms. The van der Waals surface area contributed by atoms with Gasteiger partial charge < -0.3 is 4.57 Å². The number of nitrogens with zero attached hydrogens (tertiary/aromatic N) is 3. The Kier molecular flexibility index (Phi) is 3.14. The molecule has 0 saturated heterocycles. The van der Waals surface area contributed by atoms with Gasteiger partial charge in [0.2, 0.25) is 0 Å². The predicted octanol–water partition coefficient (Wildman–Crippen LogP) is 2.00. The van der Waals surface area contributed by atoms with Gasteiger partial charge in [0.1, 0.15) is 5.82 Å². The second-order valence-corrected chi connectivity index (χ2v) is 4.36. The molecule has 0 spiro atoms. The molecule has 16 heavy (non-hydrogen) atoms. The van der Waals surface area contributed by atoms with Crippen molar-refractivity contribution in [3.8, 4) is 0 Å². The highest BCUT2D eigenvalue weighted by Crippen LogP contribution is 2.11. The smallest absolute Gasteiger partial charge is 0.171 e. The highest BCUT2D eigenvalue weighted by Gasteiger charge is 2.10. The Bertz CT molecular complexity index is 521. The second-order valence-electron chi connectivity index (χ2n) is 3.45. The SMILES string of the molecule is Cn1ccnc1CC(=O)c1cncc(Br)c1. The van der Waals surface area contributed by atoms with Gasteiger partial charge in [0.25, 0.3) is 0 Å². The van der Waals surface area contributed by atoms with Crippen LogP contribution in [-0.4, -0.2) is 20.3 Å². The first-order valence-corrected chi connectivity index (χ1v) is 5.56. The van der Waals surface area contributed by atoms with Crippen molar-refractivity contribution in [1.82, 2.24) is 14.5 Å². The normalized spacial score (nSPS) is 10.4. The fourth-order valence-corrected chi connectivity index (χ4v) is 1.74. The fraction of sp³-hybridized carbons (Fsp3) is 0.182. The molecule has 0 saturated carbocycles. The lowest BCUT2D eigenvalue weighted by atomic mass is 10.1. The number of Topliss-reactive ketones (excluding diaryl/α,β-unsaturated/α-hetero) is 1. The zero-order valence-electron chi connectivity index (χ0n) is 8.72. The molecule has 0 aliphatic heterocycles. The average Bonchev–Trinajstić information content (AvgIpc) is 2.64. The molecule has 0 amide bonds. The maximum atomic E-state index is 11.9. The van der Waals surface area contributed by atoms with Crippen LogP contribution in [0.15, 0.2) is 35.3 Å². The van der Waals surface area contributed by atoms with Crippen molar-refractivity contribution in [2.45, 2.75) is 6.42 Å². The number of aromatic nitrogens is 3. The molecule has 0 bridgehead atoms. The third kappa shape index (κ3) is 2.36. The van der Waals surface area contributed by atoms with E-state index < -0.39 is 0 Å². The van der Waals surface area contributed by atoms with Crippen molar-refractivity contribution in [3.63, 3.8) is 0 Å². The van der Waals surface area contributed by atoms with E-state index in [1.807, 2.05) is 17.8 Å². The topological polar surface area (TPSA) is 47.8 Å². The summed E-state index contributed by atoms with van der Waals surface area (Å²) in [6, 6.07) is 1.76. The predicted molar refractivity (Wildman–Crippen MR) is 63.2 cm³/mol. The molecule has 0 aliphatic rings. The number of hydrogen-bond donors (Lipinski definition) is 0. The summed E-state index contributed by atoms with van der Waals surface area (Å²) in [6.45, 7) is 0. The summed E-state index contributed by atoms with van der Waals surface area (Å²) >= 11 is 3.29. The van der Waals surface area contributed by atoms with Gasteiger partial charge in [-0.3, -0.25) is 9.78 Å². The monoisotopic (exact) mass is 279 g/mol. The van der Waals surface area contributed by atoms with E-state index >= 15 is 0 Å². The summed E-state index contributed by atoms with van der Waals surface area (Å²) in [4.78, 5) is 20.0. The zero-order chi connectivity index (χ0) is 11.5. The molecule has 0 aromatic carbocycles. The van der Waals surface area contributed by atoms with Crippen LogP contribution in [0.25, 0.3) is 0 Å². The number of pyridine rings is 1. The van der Waals surface area contributed by atoms with E-state index in [9.17, 15) is 4.79 Å². The van der Waals surface area contributed by atoms with Gasteiger partial charge in [-0.1, -0.05) is 0 Å². The van der Waals surface area contributed by atoms with Crippen molar-refractivity contribution in [2.75, 3.05) is 0 Å². The number of ketones is 1. The maximum absolute atomic E-state index is 11.9. The van der Waals surface area contributed by atoms with Crippen LogP contribution < -0.4 is 0 Å². The Hall–Kier alpha value is -1.49. The van der Waals surface area contributed by atoms with Gasteiger partial charge in [-0.15, -0.1) is 0 Å². The van der Waals surface area contributed by atoms with Crippen LogP contribution in [0.4, 0.5) is 0 Å². The highest BCUT2D eigenvalue weighted by atomic mass is 79.9. The number of imidazole rings is 1. The van der Waals surface area contributed by atoms with Crippen LogP contribution in [0, 0.1) is 0 Å². The van der Waals surface area contributed by atoms with E-state index in [0.29, 0.717) is 12.0 Å². The first kappa shape index (κ1) is 11.0. The molecule has 2 aromatic heterocycles. The molecular formula is C11H10BrN3O. The summed E-state index contributed by atoms with van der Waals surface area (Å²) in [7, 11) is 1.87. The Morgan fingerprint density at radius 1 is 1.50 bits per heavy atom. The first-order valence-electron chi connectivity index (χ1n) is 4.77. The largest absolute Gasteiger partial charge is 0.338 e. The van der Waals surface area contributed by atoms with Gasteiger partial charge >= 0.3 is 0 Å². The van der Waals surface area contributed by atoms with Crippen molar-refractivity contribution in [1.29, 1.82) is 0 Å². The van der Waals surface area contributed by atoms with E-state index in [1.165, 1.54) is 0 Å². The summed E-state index contributed by atoms with van der Waals surface area (Å²) in [5, 5.41) is 0. The minimum Gasteiger partial charge on any atom is -0.338 e. The van der Waals surface area contributed by atoms with Crippen molar-refractivity contribution >= 4 is 21.7 Å². The quantitative estimate of drug-likeness (QED) is 0.808. The first-order chi connectivity index (χ1) is 7.66. The van der Waals surface area contributed by atoms with Gasteiger partial charge in [-0.2, -0.15) is 0 Å². The van der Waals surface area contributed by atoms with E-state index in [2.05, 4.69) is 25.9 Å². The average molecular weight is 280 g/mol. The molecule has 2 heterocycles. The third-order valence-electron chi connectivity index (χ3n) is 2.27. The lowest BCUT2D eigenvalue weighted by Gasteiger charge is -2.01. The minimum atomic E-state index is 0.0168. The number of carbonyl (C=O) groups excluding carboxylic acids is 1. The van der Waals surface area contributed by atoms with Crippen LogP contribution in [0.1, 0.15) is 16.2 Å². The summed E-state index contributed by atoms with van der Waals surface area (Å²) in [5.74, 6) is 0.771. The lowest BCUT2D eigenvalue weighted by molar-refractivity contribution is 0.0989. The molecule has 2 rings (SSSR count). The molecule has 0 atom stereocenters. The van der Waals surface area contributed by atoms with Crippen LogP contribution in [0.2, 0.25) is 0 Å². The van der Waals surface area contributed by atoms with E-state index in [0.717, 1.165) is 10.3 Å². The Morgan fingerprint density at radius 2 is 2.31 bits per heavy atom. The number of aryl methyl sites for hydroxylation is 1. The Morgan fingerprint density at radius 3 is 2.94 bits per heavy atom. The fourth-order valence-electron chi connectivity index (χ4n) is 1.38. The number of halogens is 1. The van der Waals surface area contributed by atoms with Crippen molar-refractivity contribution in [2.24, 2.45) is 7.05 Å². The molecule has 0 N–H and O–H groups in total. The number of carbonyl (C=O) groups is 1. The standard InChI is InChI=1S/C11H10BrN3O/c1-15-3-2-14-11(15)5-10(16)8-4-9(12)7-13-6-8/h2-4,6-7H,5H2,1H3. The second kappa shape index (κ2) is 4.57. The number of rotatable bonds is 3. The summed E-state index contributed by atoms with van der Waals surface area (Å²) < 4.78 is 2.64. The molecule has 0 unspecified atom stereocenters. The molecule has 0 fully saturated rings. The van der Waals surface area contributed by atoms with Crippen molar-refractivity contribution in [3.05, 3.63) is 46.7 Å². The van der Waals surface area contributed by atoms with Crippen LogP contribution in [0.3, 0.4) is 0 Å². The van der Waals surface area contributed by atoms with E-state index in [1.54, 1.807) is 24.7 Å². The van der Waals surface area contributed by atoms with Gasteiger partial charge in [0.05, 0.1) is 6.42 Å². The third-order valence-corrected chi connectivity index (χ3v) is 2.70. The van der Waals surface area contributed by atoms with Crippen LogP contribution >= 0.6 is 15.9 Å². The molecular weight excluding hydrogens is 270 g/mol. The van der Waals surface area contributed by atoms with Crippen LogP contribution in [-0.2, 0) is 13.5 Å². The zero-order valence-corrected chi connectivity index (χ0v) is 10.3. The molecule has 4 nitrogen and oxygen atoms in total. The highest BCUT2D eigenvalue weighted by molar-refractivity contribution is 9.10. The minimum absolute atomic E-state index is 0.0168. The van der Waals surface area contributed by atoms with Gasteiger partial charge in [0.15, 0.2) is 5.78 Å². The molecule has 0 radical (unpaired) electrons. The van der Waals surface area contributed by atoms with Gasteiger partial charge in [0, 0.05) is 41.9 Å². The molecule has 2 aromatic rings. The lowest BCUT2D eigenvalue weighted by Crippen LogP contribution is -2.08. The molecule has 0 aliphatic carbocycles. The van der Waals surface area contributed by atoms with Crippen molar-refractivity contribution < 1.29 is 4.79 Å². The van der Waals surface area contributed by atoms with E-state index in [-0.39, 0.29) is 5.78 Å². The van der Waals surface area contributed by atoms with Gasteiger partial charge in [-0.25, -0.2) is 4.98 Å². The number of hydrogen-bond acceptors (Lipinski definition) is 3. The van der Waals surface area contributed by atoms with Gasteiger partial charge in [-0.05, 0) is 22.0 Å². The molecule has 82 valence electrons. The summed E-state index contributed by atoms with van der Waals surface area (Å²) in [6.07, 6.45) is 7.01. The Balaban J connectivity index is 2.18. The Labute approximate surface area is 101 Å². The summed E-state index contributed by atoms with van der Waals surface area (Å²) in [5.41, 5.74) is 0.595.